The second-order valence-electron chi connectivity index (χ2n) is 5.59. The highest BCUT2D eigenvalue weighted by Crippen LogP contribution is 2.19. The van der Waals surface area contributed by atoms with Gasteiger partial charge in [-0.2, -0.15) is 0 Å². The van der Waals surface area contributed by atoms with Crippen LogP contribution in [0.4, 0.5) is 0 Å². The van der Waals surface area contributed by atoms with Gasteiger partial charge in [-0.15, -0.1) is 0 Å². The number of hydrogen-bond acceptors (Lipinski definition) is 4. The van der Waals surface area contributed by atoms with Crippen molar-refractivity contribution < 1.29 is 9.52 Å². The molecule has 1 rings (SSSR count). The Morgan fingerprint density at radius 1 is 1.43 bits per heavy atom. The molecule has 0 fully saturated rings. The zero-order valence-corrected chi connectivity index (χ0v) is 15.1. The Labute approximate surface area is 143 Å². The highest BCUT2D eigenvalue weighted by molar-refractivity contribution is 7.71. The highest BCUT2D eigenvalue weighted by Gasteiger charge is 2.09. The van der Waals surface area contributed by atoms with E-state index in [0.717, 1.165) is 30.7 Å². The lowest BCUT2D eigenvalue weighted by Gasteiger charge is -2.10. The van der Waals surface area contributed by atoms with Crippen LogP contribution in [0.15, 0.2) is 35.0 Å². The van der Waals surface area contributed by atoms with Crippen molar-refractivity contribution in [1.29, 1.82) is 0 Å². The SMILES string of the molecule is C=C(CC)N/C=C/CCC(C)c1cc(=S)c(=C(O)CC)c(=C)o1. The predicted octanol–water partition coefficient (Wildman–Crippen LogP) is 4.41. The summed E-state index contributed by atoms with van der Waals surface area (Å²) in [7, 11) is 0. The molecule has 0 aliphatic carbocycles. The van der Waals surface area contributed by atoms with Crippen molar-refractivity contribution in [1.82, 2.24) is 5.32 Å². The molecule has 0 aromatic carbocycles. The molecular weight excluding hydrogens is 306 g/mol. The number of nitrogens with one attached hydrogen (secondary N) is 1. The minimum absolute atomic E-state index is 0.230. The molecule has 1 aromatic heterocycles. The van der Waals surface area contributed by atoms with Crippen molar-refractivity contribution in [3.63, 3.8) is 0 Å². The van der Waals surface area contributed by atoms with Crippen molar-refractivity contribution >= 4 is 24.6 Å². The van der Waals surface area contributed by atoms with E-state index in [1.165, 1.54) is 0 Å². The monoisotopic (exact) mass is 333 g/mol. The van der Waals surface area contributed by atoms with Crippen LogP contribution in [0, 0.1) is 4.51 Å². The first kappa shape index (κ1) is 19.2. The average molecular weight is 333 g/mol. The van der Waals surface area contributed by atoms with Crippen molar-refractivity contribution in [3.8, 4) is 0 Å². The van der Waals surface area contributed by atoms with Gasteiger partial charge in [0.25, 0.3) is 0 Å². The zero-order chi connectivity index (χ0) is 17.4. The van der Waals surface area contributed by atoms with Gasteiger partial charge in [-0.1, -0.05) is 52.2 Å². The summed E-state index contributed by atoms with van der Waals surface area (Å²) in [6.45, 7) is 13.8. The summed E-state index contributed by atoms with van der Waals surface area (Å²) in [6, 6.07) is 1.83. The van der Waals surface area contributed by atoms with Gasteiger partial charge in [-0.05, 0) is 31.5 Å². The molecule has 1 unspecified atom stereocenters. The Hall–Kier alpha value is -1.81. The van der Waals surface area contributed by atoms with Gasteiger partial charge in [0, 0.05) is 18.0 Å². The number of aliphatic hydroxyl groups excluding tert-OH is 1. The summed E-state index contributed by atoms with van der Waals surface area (Å²) in [5.74, 6) is 1.27. The van der Waals surface area contributed by atoms with E-state index in [4.69, 9.17) is 16.6 Å². The molecule has 0 aliphatic heterocycles. The van der Waals surface area contributed by atoms with E-state index in [-0.39, 0.29) is 11.7 Å². The molecule has 0 aliphatic rings. The fourth-order valence-corrected chi connectivity index (χ4v) is 2.48. The van der Waals surface area contributed by atoms with Gasteiger partial charge in [-0.25, -0.2) is 0 Å². The molecular formula is C19H27NO2S. The van der Waals surface area contributed by atoms with E-state index in [9.17, 15) is 5.11 Å². The van der Waals surface area contributed by atoms with Gasteiger partial charge in [0.05, 0.1) is 9.73 Å². The molecule has 2 N–H and O–H groups in total. The van der Waals surface area contributed by atoms with Gasteiger partial charge in [0.15, 0.2) is 0 Å². The van der Waals surface area contributed by atoms with Gasteiger partial charge in [0.1, 0.15) is 16.9 Å². The molecule has 23 heavy (non-hydrogen) atoms. The lowest BCUT2D eigenvalue weighted by molar-refractivity contribution is 0.416. The Kier molecular flexibility index (Phi) is 7.83. The van der Waals surface area contributed by atoms with E-state index in [1.807, 2.05) is 19.2 Å². The topological polar surface area (TPSA) is 45.4 Å². The summed E-state index contributed by atoms with van der Waals surface area (Å²) >= 11 is 5.37. The first-order chi connectivity index (χ1) is 10.9. The molecule has 126 valence electrons. The van der Waals surface area contributed by atoms with Crippen LogP contribution in [0.5, 0.6) is 0 Å². The molecule has 0 amide bonds. The normalized spacial score (nSPS) is 13.9. The highest BCUT2D eigenvalue weighted by atomic mass is 32.1. The third kappa shape index (κ3) is 5.71. The van der Waals surface area contributed by atoms with Crippen LogP contribution >= 0.6 is 12.2 Å². The maximum absolute atomic E-state index is 9.91. The molecule has 1 heterocycles. The lowest BCUT2D eigenvalue weighted by atomic mass is 10.0. The first-order valence-electron chi connectivity index (χ1n) is 8.05. The van der Waals surface area contributed by atoms with Crippen LogP contribution in [0.25, 0.3) is 12.3 Å². The van der Waals surface area contributed by atoms with E-state index in [0.29, 0.717) is 21.6 Å². The van der Waals surface area contributed by atoms with Crippen LogP contribution in [-0.4, -0.2) is 5.11 Å². The molecule has 0 saturated heterocycles. The lowest BCUT2D eigenvalue weighted by Crippen LogP contribution is -2.28. The predicted molar refractivity (Wildman–Crippen MR) is 100.0 cm³/mol. The summed E-state index contributed by atoms with van der Waals surface area (Å²) in [5.41, 5.74) is 1.44. The number of allylic oxidation sites excluding steroid dienone is 2. The van der Waals surface area contributed by atoms with Crippen molar-refractivity contribution in [3.05, 3.63) is 51.5 Å². The largest absolute Gasteiger partial charge is 0.512 e. The zero-order valence-electron chi connectivity index (χ0n) is 14.3. The average Bonchev–Trinajstić information content (AvgIpc) is 2.52. The number of hydrogen-bond donors (Lipinski definition) is 2. The molecule has 0 saturated carbocycles. The quantitative estimate of drug-likeness (QED) is 0.692. The van der Waals surface area contributed by atoms with Gasteiger partial charge >= 0.3 is 0 Å². The summed E-state index contributed by atoms with van der Waals surface area (Å²) in [6.07, 6.45) is 7.31. The van der Waals surface area contributed by atoms with Crippen molar-refractivity contribution in [2.75, 3.05) is 0 Å². The molecule has 0 radical (unpaired) electrons. The van der Waals surface area contributed by atoms with Crippen molar-refractivity contribution in [2.24, 2.45) is 0 Å². The van der Waals surface area contributed by atoms with Crippen LogP contribution in [0.3, 0.4) is 0 Å². The van der Waals surface area contributed by atoms with E-state index < -0.39 is 0 Å². The number of rotatable bonds is 8. The molecule has 1 aromatic rings. The standard InChI is InChI=1S/C19H27NO2S/c1-6-14(4)20-11-9-8-10-13(3)17-12-18(23)19(15(5)22-17)16(21)7-2/h9,11-13,20-21H,4-8,10H2,1-3H3/b11-9+,19-16?. The Bertz CT molecular complexity index is 696. The Balaban J connectivity index is 2.79. The van der Waals surface area contributed by atoms with Gasteiger partial charge < -0.3 is 14.8 Å². The maximum Gasteiger partial charge on any atom is 0.131 e. The fourth-order valence-electron chi connectivity index (χ4n) is 2.13. The Morgan fingerprint density at radius 2 is 2.13 bits per heavy atom. The minimum atomic E-state index is 0.230. The van der Waals surface area contributed by atoms with Gasteiger partial charge in [0.2, 0.25) is 0 Å². The first-order valence-corrected chi connectivity index (χ1v) is 8.45. The van der Waals surface area contributed by atoms with Gasteiger partial charge in [-0.3, -0.25) is 0 Å². The summed E-state index contributed by atoms with van der Waals surface area (Å²) in [5, 5.41) is 13.6. The maximum atomic E-state index is 9.91. The Morgan fingerprint density at radius 3 is 2.70 bits per heavy atom. The van der Waals surface area contributed by atoms with Crippen LogP contribution in [0.2, 0.25) is 0 Å². The molecule has 0 bridgehead atoms. The third-order valence-electron chi connectivity index (χ3n) is 3.75. The molecule has 0 spiro atoms. The second-order valence-corrected chi connectivity index (χ2v) is 6.03. The van der Waals surface area contributed by atoms with E-state index >= 15 is 0 Å². The van der Waals surface area contributed by atoms with E-state index in [1.54, 1.807) is 0 Å². The van der Waals surface area contributed by atoms with Crippen LogP contribution in [-0.2, 0) is 0 Å². The summed E-state index contributed by atoms with van der Waals surface area (Å²) in [4.78, 5) is 0. The minimum Gasteiger partial charge on any atom is -0.512 e. The summed E-state index contributed by atoms with van der Waals surface area (Å²) < 4.78 is 6.37. The van der Waals surface area contributed by atoms with Crippen LogP contribution < -0.4 is 16.0 Å². The molecule has 1 atom stereocenters. The third-order valence-corrected chi connectivity index (χ3v) is 4.07. The van der Waals surface area contributed by atoms with Crippen LogP contribution in [0.1, 0.15) is 58.1 Å². The molecule has 3 nitrogen and oxygen atoms in total. The molecule has 4 heteroatoms. The fraction of sp³-hybridized carbons (Fsp3) is 0.421. The van der Waals surface area contributed by atoms with E-state index in [2.05, 4.69) is 38.4 Å². The smallest absolute Gasteiger partial charge is 0.131 e. The van der Waals surface area contributed by atoms with Crippen molar-refractivity contribution in [2.45, 2.75) is 52.4 Å². The second kappa shape index (κ2) is 9.36. The number of aliphatic hydroxyl groups is 1.